The van der Waals surface area contributed by atoms with E-state index in [9.17, 15) is 18.0 Å². The fourth-order valence-corrected chi connectivity index (χ4v) is 4.33. The second kappa shape index (κ2) is 10.7. The largest absolute Gasteiger partial charge is 0.435 e. The zero-order valence-electron chi connectivity index (χ0n) is 21.4. The van der Waals surface area contributed by atoms with Crippen molar-refractivity contribution in [3.8, 4) is 11.3 Å². The van der Waals surface area contributed by atoms with E-state index >= 15 is 0 Å². The number of aromatic nitrogens is 5. The third kappa shape index (κ3) is 5.52. The smallest absolute Gasteiger partial charge is 0.350 e. The highest BCUT2D eigenvalue weighted by molar-refractivity contribution is 5.96. The molecule has 37 heavy (non-hydrogen) atoms. The van der Waals surface area contributed by atoms with E-state index in [1.54, 1.807) is 16.8 Å². The maximum atomic E-state index is 13.8. The van der Waals surface area contributed by atoms with Gasteiger partial charge in [0.2, 0.25) is 0 Å². The van der Waals surface area contributed by atoms with Crippen LogP contribution in [0.15, 0.2) is 43.0 Å². The molecule has 0 unspecified atom stereocenters. The van der Waals surface area contributed by atoms with Crippen molar-refractivity contribution in [2.24, 2.45) is 0 Å². The highest BCUT2D eigenvalue weighted by Gasteiger charge is 2.38. The van der Waals surface area contributed by atoms with Crippen molar-refractivity contribution in [3.05, 3.63) is 71.1 Å². The van der Waals surface area contributed by atoms with Gasteiger partial charge in [-0.05, 0) is 43.4 Å². The van der Waals surface area contributed by atoms with Crippen LogP contribution in [0.2, 0.25) is 0 Å². The summed E-state index contributed by atoms with van der Waals surface area (Å²) in [6.07, 6.45) is 4.05. The number of rotatable bonds is 9. The van der Waals surface area contributed by atoms with Crippen molar-refractivity contribution in [3.63, 3.8) is 0 Å². The topological polar surface area (TPSA) is 77.1 Å². The van der Waals surface area contributed by atoms with Crippen LogP contribution >= 0.6 is 0 Å². The molecule has 1 atom stereocenters. The molecule has 0 radical (unpaired) electrons. The van der Waals surface area contributed by atoms with E-state index in [-0.39, 0.29) is 17.5 Å². The average Bonchev–Trinajstić information content (AvgIpc) is 3.49. The van der Waals surface area contributed by atoms with Gasteiger partial charge in [-0.15, -0.1) is 0 Å². The normalized spacial score (nSPS) is 12.7. The molecular weight excluding hydrogens is 481 g/mol. The number of carbonyl (C=O) groups excluding carboxylic acids is 1. The van der Waals surface area contributed by atoms with Crippen LogP contribution in [0.5, 0.6) is 0 Å². The number of aryl methyl sites for hydroxylation is 2. The zero-order valence-corrected chi connectivity index (χ0v) is 21.4. The summed E-state index contributed by atoms with van der Waals surface area (Å²) in [6.45, 7) is 8.25. The number of hydrogen-bond donors (Lipinski definition) is 1. The Morgan fingerprint density at radius 1 is 1.16 bits per heavy atom. The van der Waals surface area contributed by atoms with Gasteiger partial charge < -0.3 is 5.32 Å². The number of halogens is 3. The maximum absolute atomic E-state index is 13.8. The molecule has 0 saturated carbocycles. The Morgan fingerprint density at radius 3 is 2.62 bits per heavy atom. The summed E-state index contributed by atoms with van der Waals surface area (Å²) in [5, 5.41) is 6.80. The van der Waals surface area contributed by atoms with Gasteiger partial charge in [0, 0.05) is 43.2 Å². The van der Waals surface area contributed by atoms with Gasteiger partial charge in [0.25, 0.3) is 5.91 Å². The second-order valence-corrected chi connectivity index (χ2v) is 9.17. The van der Waals surface area contributed by atoms with E-state index in [1.807, 2.05) is 45.9 Å². The summed E-state index contributed by atoms with van der Waals surface area (Å²) in [5.41, 5.74) is 2.97. The van der Waals surface area contributed by atoms with E-state index in [4.69, 9.17) is 0 Å². The molecule has 196 valence electrons. The molecule has 3 heterocycles. The number of fused-ring (bicyclic) bond motifs is 1. The number of nitrogens with one attached hydrogen (secondary N) is 1. The highest BCUT2D eigenvalue weighted by Crippen LogP contribution is 2.36. The van der Waals surface area contributed by atoms with Gasteiger partial charge >= 0.3 is 6.18 Å². The lowest BCUT2D eigenvalue weighted by Gasteiger charge is -2.14. The summed E-state index contributed by atoms with van der Waals surface area (Å²) in [6, 6.07) is 5.77. The number of amides is 1. The molecule has 1 aromatic carbocycles. The first kappa shape index (κ1) is 26.4. The monoisotopic (exact) mass is 512 g/mol. The first-order valence-electron chi connectivity index (χ1n) is 12.5. The Labute approximate surface area is 213 Å². The number of nitrogens with zero attached hydrogens (tertiary/aromatic N) is 5. The van der Waals surface area contributed by atoms with Crippen LogP contribution in [-0.4, -0.2) is 36.1 Å². The van der Waals surface area contributed by atoms with Crippen molar-refractivity contribution in [2.75, 3.05) is 0 Å². The van der Waals surface area contributed by atoms with E-state index in [0.717, 1.165) is 17.5 Å². The lowest BCUT2D eigenvalue weighted by atomic mass is 9.98. The van der Waals surface area contributed by atoms with E-state index in [0.29, 0.717) is 48.4 Å². The standard InChI is InChI=1S/C27H31F3N6O/c1-5-11-35-16-21(24(34-35)27(28,29)30)23-15-32-25-22(31-10-12-36(23)25)14-18-8-9-20(19(7-3)13-18)26(37)33-17(4)6-2/h8-10,12-13,15-17H,5-7,11,14H2,1-4H3,(H,33,37)/t17-/m0/s1. The molecule has 3 aromatic heterocycles. The molecule has 0 aliphatic carbocycles. The van der Waals surface area contributed by atoms with Crippen LogP contribution in [0.3, 0.4) is 0 Å². The molecule has 4 rings (SSSR count). The lowest BCUT2D eigenvalue weighted by Crippen LogP contribution is -2.32. The predicted molar refractivity (Wildman–Crippen MR) is 135 cm³/mol. The third-order valence-corrected chi connectivity index (χ3v) is 6.42. The summed E-state index contributed by atoms with van der Waals surface area (Å²) >= 11 is 0. The fourth-order valence-electron chi connectivity index (χ4n) is 4.33. The Kier molecular flexibility index (Phi) is 7.65. The number of alkyl halides is 3. The Hall–Kier alpha value is -3.69. The van der Waals surface area contributed by atoms with Crippen molar-refractivity contribution < 1.29 is 18.0 Å². The van der Waals surface area contributed by atoms with Crippen molar-refractivity contribution in [1.29, 1.82) is 0 Å². The molecule has 0 aliphatic rings. The minimum atomic E-state index is -4.59. The van der Waals surface area contributed by atoms with Crippen LogP contribution in [0.25, 0.3) is 16.9 Å². The molecule has 0 aliphatic heterocycles. The van der Waals surface area contributed by atoms with Crippen LogP contribution in [0.1, 0.15) is 73.4 Å². The summed E-state index contributed by atoms with van der Waals surface area (Å²) in [4.78, 5) is 21.6. The van der Waals surface area contributed by atoms with Crippen LogP contribution in [0.4, 0.5) is 13.2 Å². The first-order chi connectivity index (χ1) is 17.7. The van der Waals surface area contributed by atoms with Gasteiger partial charge in [-0.1, -0.05) is 32.9 Å². The molecule has 0 bridgehead atoms. The number of hydrogen-bond acceptors (Lipinski definition) is 4. The van der Waals surface area contributed by atoms with Crippen LogP contribution in [-0.2, 0) is 25.6 Å². The molecule has 0 spiro atoms. The fraction of sp³-hybridized carbons (Fsp3) is 0.407. The predicted octanol–water partition coefficient (Wildman–Crippen LogP) is 5.70. The minimum Gasteiger partial charge on any atom is -0.350 e. The molecule has 0 fully saturated rings. The Bertz CT molecular complexity index is 1410. The lowest BCUT2D eigenvalue weighted by molar-refractivity contribution is -0.141. The zero-order chi connectivity index (χ0) is 26.7. The second-order valence-electron chi connectivity index (χ2n) is 9.17. The highest BCUT2D eigenvalue weighted by atomic mass is 19.4. The van der Waals surface area contributed by atoms with Gasteiger partial charge in [-0.3, -0.25) is 18.9 Å². The molecule has 1 N–H and O–H groups in total. The Morgan fingerprint density at radius 2 is 1.95 bits per heavy atom. The van der Waals surface area contributed by atoms with Gasteiger partial charge in [-0.2, -0.15) is 18.3 Å². The number of carbonyl (C=O) groups is 1. The molecule has 10 heteroatoms. The summed E-state index contributed by atoms with van der Waals surface area (Å²) in [7, 11) is 0. The van der Waals surface area contributed by atoms with Crippen molar-refractivity contribution in [1.82, 2.24) is 29.5 Å². The van der Waals surface area contributed by atoms with Crippen LogP contribution < -0.4 is 5.32 Å². The number of benzene rings is 1. The van der Waals surface area contributed by atoms with E-state index < -0.39 is 11.9 Å². The summed E-state index contributed by atoms with van der Waals surface area (Å²) in [5.74, 6) is -0.0973. The first-order valence-corrected chi connectivity index (χ1v) is 12.5. The van der Waals surface area contributed by atoms with E-state index in [1.165, 1.54) is 17.1 Å². The summed E-state index contributed by atoms with van der Waals surface area (Å²) < 4.78 is 44.2. The van der Waals surface area contributed by atoms with Gasteiger partial charge in [0.05, 0.1) is 23.1 Å². The van der Waals surface area contributed by atoms with Gasteiger partial charge in [-0.25, -0.2) is 4.98 Å². The average molecular weight is 513 g/mol. The molecule has 1 amide bonds. The van der Waals surface area contributed by atoms with Crippen LogP contribution in [0, 0.1) is 0 Å². The third-order valence-electron chi connectivity index (χ3n) is 6.42. The molecule has 4 aromatic rings. The van der Waals surface area contributed by atoms with Gasteiger partial charge in [0.15, 0.2) is 11.3 Å². The molecule has 7 nitrogen and oxygen atoms in total. The quantitative estimate of drug-likeness (QED) is 0.312. The Balaban J connectivity index is 1.69. The molecular formula is C27H31F3N6O. The molecule has 0 saturated heterocycles. The maximum Gasteiger partial charge on any atom is 0.435 e. The van der Waals surface area contributed by atoms with E-state index in [2.05, 4.69) is 20.4 Å². The van der Waals surface area contributed by atoms with Gasteiger partial charge in [0.1, 0.15) is 0 Å². The number of imidazole rings is 1. The minimum absolute atomic E-state index is 0.0180. The van der Waals surface area contributed by atoms with Crippen molar-refractivity contribution >= 4 is 11.6 Å². The SMILES string of the molecule is CCCn1cc(-c2cnc3c(Cc4ccc(C(=O)N[C@@H](C)CC)c(CC)c4)nccn23)c(C(F)(F)F)n1. The van der Waals surface area contributed by atoms with Crippen molar-refractivity contribution in [2.45, 2.75) is 72.1 Å².